The Morgan fingerprint density at radius 3 is 2.58 bits per heavy atom. The van der Waals surface area contributed by atoms with Gasteiger partial charge in [0.1, 0.15) is 10.8 Å². The summed E-state index contributed by atoms with van der Waals surface area (Å²) in [7, 11) is -3.54. The fourth-order valence-corrected chi connectivity index (χ4v) is 4.80. The Morgan fingerprint density at radius 2 is 1.85 bits per heavy atom. The molecular formula is C19H19FN2O2S2. The molecule has 0 spiro atoms. The number of nitrogens with zero attached hydrogens (tertiary/aromatic N) is 1. The fraction of sp³-hybridized carbons (Fsp3) is 0.211. The first-order chi connectivity index (χ1) is 12.5. The molecule has 0 radical (unpaired) electrons. The van der Waals surface area contributed by atoms with Gasteiger partial charge in [-0.2, -0.15) is 0 Å². The van der Waals surface area contributed by atoms with Crippen LogP contribution in [-0.4, -0.2) is 19.9 Å². The van der Waals surface area contributed by atoms with Crippen molar-refractivity contribution in [3.8, 4) is 10.6 Å². The summed E-state index contributed by atoms with van der Waals surface area (Å²) in [5.74, 6) is -0.285. The van der Waals surface area contributed by atoms with E-state index in [1.165, 1.54) is 23.5 Å². The summed E-state index contributed by atoms with van der Waals surface area (Å²) in [5.41, 5.74) is 2.45. The van der Waals surface area contributed by atoms with Gasteiger partial charge in [0, 0.05) is 23.9 Å². The van der Waals surface area contributed by atoms with Gasteiger partial charge in [0.15, 0.2) is 0 Å². The monoisotopic (exact) mass is 390 g/mol. The van der Waals surface area contributed by atoms with Crippen LogP contribution in [0.3, 0.4) is 0 Å². The second-order valence-electron chi connectivity index (χ2n) is 5.76. The van der Waals surface area contributed by atoms with E-state index in [1.54, 1.807) is 24.3 Å². The largest absolute Gasteiger partial charge is 0.241 e. The molecule has 3 aromatic rings. The Kier molecular flexibility index (Phi) is 5.80. The number of halogens is 1. The molecule has 0 saturated heterocycles. The molecule has 0 atom stereocenters. The van der Waals surface area contributed by atoms with Crippen molar-refractivity contribution in [3.05, 3.63) is 71.0 Å². The maximum atomic E-state index is 13.0. The Hall–Kier alpha value is -2.09. The average molecular weight is 391 g/mol. The van der Waals surface area contributed by atoms with Gasteiger partial charge in [-0.1, -0.05) is 25.1 Å². The van der Waals surface area contributed by atoms with Crippen LogP contribution in [0.1, 0.15) is 18.2 Å². The van der Waals surface area contributed by atoms with Crippen LogP contribution < -0.4 is 4.72 Å². The van der Waals surface area contributed by atoms with E-state index in [0.29, 0.717) is 17.7 Å². The first kappa shape index (κ1) is 18.7. The van der Waals surface area contributed by atoms with Crippen LogP contribution in [0.5, 0.6) is 0 Å². The van der Waals surface area contributed by atoms with Crippen LogP contribution >= 0.6 is 11.3 Å². The van der Waals surface area contributed by atoms with Crippen LogP contribution in [0.4, 0.5) is 4.39 Å². The molecule has 0 aliphatic rings. The van der Waals surface area contributed by atoms with Crippen molar-refractivity contribution in [3.63, 3.8) is 0 Å². The number of aryl methyl sites for hydroxylation is 1. The molecule has 0 amide bonds. The molecule has 1 N–H and O–H groups in total. The summed E-state index contributed by atoms with van der Waals surface area (Å²) in [6.07, 6.45) is 1.15. The zero-order valence-corrected chi connectivity index (χ0v) is 15.9. The van der Waals surface area contributed by atoms with Crippen LogP contribution in [0.25, 0.3) is 10.6 Å². The molecule has 4 nitrogen and oxygen atoms in total. The summed E-state index contributed by atoms with van der Waals surface area (Å²) >= 11 is 1.46. The number of thiazole rings is 1. The number of benzene rings is 2. The first-order valence-electron chi connectivity index (χ1n) is 8.27. The SMILES string of the molecule is CCc1ccccc1S(=O)(=O)NCCc1csc(-c2ccc(F)cc2)n1. The molecule has 0 bridgehead atoms. The predicted octanol–water partition coefficient (Wildman–Crippen LogP) is 4.03. The Labute approximate surface area is 156 Å². The van der Waals surface area contributed by atoms with E-state index in [-0.39, 0.29) is 12.4 Å². The van der Waals surface area contributed by atoms with Gasteiger partial charge in [-0.15, -0.1) is 11.3 Å². The summed E-state index contributed by atoms with van der Waals surface area (Å²) in [4.78, 5) is 4.82. The lowest BCUT2D eigenvalue weighted by Gasteiger charge is -2.09. The van der Waals surface area contributed by atoms with Crippen molar-refractivity contribution < 1.29 is 12.8 Å². The van der Waals surface area contributed by atoms with Gasteiger partial charge < -0.3 is 0 Å². The predicted molar refractivity (Wildman–Crippen MR) is 102 cm³/mol. The lowest BCUT2D eigenvalue weighted by Crippen LogP contribution is -2.27. The maximum Gasteiger partial charge on any atom is 0.240 e. The quantitative estimate of drug-likeness (QED) is 0.663. The Bertz CT molecular complexity index is 983. The summed E-state index contributed by atoms with van der Waals surface area (Å²) in [6.45, 7) is 2.20. The second-order valence-corrected chi connectivity index (χ2v) is 8.35. The van der Waals surface area contributed by atoms with Crippen molar-refractivity contribution in [2.45, 2.75) is 24.7 Å². The highest BCUT2D eigenvalue weighted by molar-refractivity contribution is 7.89. The topological polar surface area (TPSA) is 59.1 Å². The number of aromatic nitrogens is 1. The molecule has 26 heavy (non-hydrogen) atoms. The van der Waals surface area contributed by atoms with Gasteiger partial charge in [-0.3, -0.25) is 0 Å². The van der Waals surface area contributed by atoms with Crippen molar-refractivity contribution in [2.75, 3.05) is 6.54 Å². The molecule has 1 heterocycles. The van der Waals surface area contributed by atoms with Crippen molar-refractivity contribution >= 4 is 21.4 Å². The van der Waals surface area contributed by atoms with Crippen LogP contribution in [-0.2, 0) is 22.9 Å². The smallest absolute Gasteiger partial charge is 0.240 e. The van der Waals surface area contributed by atoms with Crippen molar-refractivity contribution in [1.29, 1.82) is 0 Å². The van der Waals surface area contributed by atoms with Crippen LogP contribution in [0.2, 0.25) is 0 Å². The zero-order chi connectivity index (χ0) is 18.6. The number of hydrogen-bond donors (Lipinski definition) is 1. The molecule has 0 fully saturated rings. The standard InChI is InChI=1S/C19H19FN2O2S2/c1-2-14-5-3-4-6-18(14)26(23,24)21-12-11-17-13-25-19(22-17)15-7-9-16(20)10-8-15/h3-10,13,21H,2,11-12H2,1H3. The van der Waals surface area contributed by atoms with Gasteiger partial charge in [0.25, 0.3) is 0 Å². The highest BCUT2D eigenvalue weighted by Gasteiger charge is 2.17. The molecule has 1 aromatic heterocycles. The highest BCUT2D eigenvalue weighted by atomic mass is 32.2. The van der Waals surface area contributed by atoms with E-state index in [0.717, 1.165) is 21.8 Å². The molecule has 0 saturated carbocycles. The third-order valence-electron chi connectivity index (χ3n) is 3.96. The number of hydrogen-bond acceptors (Lipinski definition) is 4. The first-order valence-corrected chi connectivity index (χ1v) is 10.6. The fourth-order valence-electron chi connectivity index (χ4n) is 2.60. The van der Waals surface area contributed by atoms with E-state index in [1.807, 2.05) is 24.4 Å². The number of sulfonamides is 1. The van der Waals surface area contributed by atoms with Crippen molar-refractivity contribution in [1.82, 2.24) is 9.71 Å². The Morgan fingerprint density at radius 1 is 1.12 bits per heavy atom. The third kappa shape index (κ3) is 4.35. The number of nitrogens with one attached hydrogen (secondary N) is 1. The minimum absolute atomic E-state index is 0.271. The molecule has 0 unspecified atom stereocenters. The Balaban J connectivity index is 1.64. The summed E-state index contributed by atoms with van der Waals surface area (Å²) < 4.78 is 40.6. The molecule has 0 aliphatic heterocycles. The third-order valence-corrected chi connectivity index (χ3v) is 6.46. The maximum absolute atomic E-state index is 13.0. The summed E-state index contributed by atoms with van der Waals surface area (Å²) in [6, 6.07) is 13.2. The van der Waals surface area contributed by atoms with Gasteiger partial charge in [0.05, 0.1) is 10.6 Å². The number of rotatable bonds is 7. The normalized spacial score (nSPS) is 11.6. The highest BCUT2D eigenvalue weighted by Crippen LogP contribution is 2.24. The van der Waals surface area contributed by atoms with Gasteiger partial charge in [-0.05, 0) is 42.3 Å². The van der Waals surface area contributed by atoms with E-state index < -0.39 is 10.0 Å². The lowest BCUT2D eigenvalue weighted by molar-refractivity contribution is 0.580. The minimum atomic E-state index is -3.54. The molecule has 3 rings (SSSR count). The van der Waals surface area contributed by atoms with E-state index in [9.17, 15) is 12.8 Å². The van der Waals surface area contributed by atoms with Crippen LogP contribution in [0, 0.1) is 5.82 Å². The molecule has 0 aliphatic carbocycles. The van der Waals surface area contributed by atoms with Gasteiger partial charge in [0.2, 0.25) is 10.0 Å². The molecular weight excluding hydrogens is 371 g/mol. The van der Waals surface area contributed by atoms with E-state index >= 15 is 0 Å². The van der Waals surface area contributed by atoms with Crippen LogP contribution in [0.15, 0.2) is 58.8 Å². The van der Waals surface area contributed by atoms with Crippen molar-refractivity contribution in [2.24, 2.45) is 0 Å². The van der Waals surface area contributed by atoms with Gasteiger partial charge in [-0.25, -0.2) is 22.5 Å². The zero-order valence-electron chi connectivity index (χ0n) is 14.3. The van der Waals surface area contributed by atoms with Gasteiger partial charge >= 0.3 is 0 Å². The molecule has 136 valence electrons. The molecule has 7 heteroatoms. The lowest BCUT2D eigenvalue weighted by atomic mass is 10.2. The van der Waals surface area contributed by atoms with E-state index in [4.69, 9.17) is 0 Å². The molecule has 2 aromatic carbocycles. The average Bonchev–Trinajstić information content (AvgIpc) is 3.11. The second kappa shape index (κ2) is 8.07. The minimum Gasteiger partial charge on any atom is -0.241 e. The summed E-state index contributed by atoms with van der Waals surface area (Å²) in [5, 5.41) is 2.69. The van der Waals surface area contributed by atoms with E-state index in [2.05, 4.69) is 9.71 Å².